The van der Waals surface area contributed by atoms with E-state index in [1.165, 1.54) is 31.4 Å². The molecular weight excluding hydrogens is 225 g/mol. The zero-order chi connectivity index (χ0) is 11.5. The molecule has 1 N–H and O–H groups in total. The molecular formula is C13H17ClFN. The molecule has 2 rings (SSSR count). The minimum absolute atomic E-state index is 0.222. The Kier molecular flexibility index (Phi) is 3.82. The van der Waals surface area contributed by atoms with E-state index in [9.17, 15) is 4.39 Å². The van der Waals surface area contributed by atoms with Crippen LogP contribution in [0.25, 0.3) is 0 Å². The van der Waals surface area contributed by atoms with Crippen LogP contribution in [-0.2, 0) is 6.54 Å². The molecule has 0 heterocycles. The lowest BCUT2D eigenvalue weighted by molar-refractivity contribution is 0.425. The number of hydrogen-bond donors (Lipinski definition) is 1. The molecule has 1 aliphatic carbocycles. The van der Waals surface area contributed by atoms with Crippen LogP contribution in [0.3, 0.4) is 0 Å². The third-order valence-electron chi connectivity index (χ3n) is 3.42. The van der Waals surface area contributed by atoms with Gasteiger partial charge in [0.2, 0.25) is 0 Å². The predicted octanol–water partition coefficient (Wildman–Crippen LogP) is 3.76. The summed E-state index contributed by atoms with van der Waals surface area (Å²) in [6, 6.07) is 5.07. The first-order valence-electron chi connectivity index (χ1n) is 5.84. The van der Waals surface area contributed by atoms with Crippen molar-refractivity contribution in [2.75, 3.05) is 0 Å². The molecule has 0 amide bonds. The number of benzene rings is 1. The first-order chi connectivity index (χ1) is 7.66. The normalized spacial score (nSPS) is 24.9. The van der Waals surface area contributed by atoms with Crippen LogP contribution in [-0.4, -0.2) is 6.04 Å². The van der Waals surface area contributed by atoms with Gasteiger partial charge in [-0.2, -0.15) is 0 Å². The lowest BCUT2D eigenvalue weighted by Gasteiger charge is -2.17. The van der Waals surface area contributed by atoms with Crippen molar-refractivity contribution in [3.05, 3.63) is 34.6 Å². The number of halogens is 2. The average molecular weight is 242 g/mol. The van der Waals surface area contributed by atoms with Crippen molar-refractivity contribution in [2.45, 2.75) is 38.8 Å². The van der Waals surface area contributed by atoms with Gasteiger partial charge in [0.05, 0.1) is 0 Å². The second kappa shape index (κ2) is 5.15. The summed E-state index contributed by atoms with van der Waals surface area (Å²) in [5, 5.41) is 4.10. The van der Waals surface area contributed by atoms with Crippen LogP contribution in [0.2, 0.25) is 5.02 Å². The predicted molar refractivity (Wildman–Crippen MR) is 65.1 cm³/mol. The molecule has 1 aliphatic rings. The van der Waals surface area contributed by atoms with Crippen molar-refractivity contribution in [3.63, 3.8) is 0 Å². The van der Waals surface area contributed by atoms with Crippen LogP contribution in [0, 0.1) is 11.7 Å². The van der Waals surface area contributed by atoms with Gasteiger partial charge in [0.1, 0.15) is 5.82 Å². The average Bonchev–Trinajstić information content (AvgIpc) is 2.66. The van der Waals surface area contributed by atoms with Crippen LogP contribution < -0.4 is 5.32 Å². The van der Waals surface area contributed by atoms with Gasteiger partial charge in [-0.3, -0.25) is 0 Å². The summed E-state index contributed by atoms with van der Waals surface area (Å²) in [7, 11) is 0. The fraction of sp³-hybridized carbons (Fsp3) is 0.538. The van der Waals surface area contributed by atoms with E-state index < -0.39 is 0 Å². The summed E-state index contributed by atoms with van der Waals surface area (Å²) in [6.07, 6.45) is 3.79. The fourth-order valence-electron chi connectivity index (χ4n) is 2.37. The molecule has 16 heavy (non-hydrogen) atoms. The Morgan fingerprint density at radius 3 is 2.94 bits per heavy atom. The molecule has 1 nitrogen and oxygen atoms in total. The van der Waals surface area contributed by atoms with Crippen molar-refractivity contribution in [1.82, 2.24) is 5.32 Å². The highest BCUT2D eigenvalue weighted by Gasteiger charge is 2.22. The van der Waals surface area contributed by atoms with Crippen LogP contribution in [0.5, 0.6) is 0 Å². The zero-order valence-electron chi connectivity index (χ0n) is 9.47. The van der Waals surface area contributed by atoms with E-state index >= 15 is 0 Å². The second-order valence-corrected chi connectivity index (χ2v) is 5.04. The lowest BCUT2D eigenvalue weighted by atomic mass is 10.1. The van der Waals surface area contributed by atoms with Crippen LogP contribution >= 0.6 is 11.6 Å². The Labute approximate surface area is 101 Å². The summed E-state index contributed by atoms with van der Waals surface area (Å²) in [6.45, 7) is 2.92. The van der Waals surface area contributed by atoms with Crippen molar-refractivity contribution in [3.8, 4) is 0 Å². The number of hydrogen-bond acceptors (Lipinski definition) is 1. The Morgan fingerprint density at radius 1 is 1.44 bits per heavy atom. The van der Waals surface area contributed by atoms with Gasteiger partial charge in [0.25, 0.3) is 0 Å². The first-order valence-corrected chi connectivity index (χ1v) is 6.22. The van der Waals surface area contributed by atoms with E-state index in [0.717, 1.165) is 5.56 Å². The molecule has 0 bridgehead atoms. The second-order valence-electron chi connectivity index (χ2n) is 4.63. The molecule has 0 aliphatic heterocycles. The molecule has 0 spiro atoms. The van der Waals surface area contributed by atoms with Gasteiger partial charge in [-0.25, -0.2) is 4.39 Å². The molecule has 1 saturated carbocycles. The number of rotatable bonds is 3. The Bertz CT molecular complexity index is 367. The SMILES string of the molecule is CC1CCCC1NCc1cc(F)ccc1Cl. The molecule has 1 aromatic carbocycles. The van der Waals surface area contributed by atoms with Gasteiger partial charge >= 0.3 is 0 Å². The van der Waals surface area contributed by atoms with Gasteiger partial charge in [-0.1, -0.05) is 24.9 Å². The van der Waals surface area contributed by atoms with Gasteiger partial charge < -0.3 is 5.32 Å². The summed E-state index contributed by atoms with van der Waals surface area (Å²) in [5.41, 5.74) is 0.848. The van der Waals surface area contributed by atoms with E-state index in [-0.39, 0.29) is 5.82 Å². The van der Waals surface area contributed by atoms with E-state index in [2.05, 4.69) is 12.2 Å². The van der Waals surface area contributed by atoms with Crippen molar-refractivity contribution in [1.29, 1.82) is 0 Å². The molecule has 0 saturated heterocycles. The van der Waals surface area contributed by atoms with E-state index in [1.54, 1.807) is 6.07 Å². The third kappa shape index (κ3) is 2.74. The highest BCUT2D eigenvalue weighted by Crippen LogP contribution is 2.25. The molecule has 2 unspecified atom stereocenters. The van der Waals surface area contributed by atoms with Crippen LogP contribution in [0.1, 0.15) is 31.7 Å². The first kappa shape index (κ1) is 11.9. The Morgan fingerprint density at radius 2 is 2.25 bits per heavy atom. The maximum Gasteiger partial charge on any atom is 0.123 e. The third-order valence-corrected chi connectivity index (χ3v) is 3.79. The molecule has 0 aromatic heterocycles. The summed E-state index contributed by atoms with van der Waals surface area (Å²) >= 11 is 6.01. The fourth-order valence-corrected chi connectivity index (χ4v) is 2.55. The van der Waals surface area contributed by atoms with Gasteiger partial charge in [-0.15, -0.1) is 0 Å². The maximum atomic E-state index is 13.0. The summed E-state index contributed by atoms with van der Waals surface area (Å²) < 4.78 is 13.0. The Hall–Kier alpha value is -0.600. The standard InChI is InChI=1S/C13H17ClFN/c1-9-3-2-4-13(9)16-8-10-7-11(15)5-6-12(10)14/h5-7,9,13,16H,2-4,8H2,1H3. The largest absolute Gasteiger partial charge is 0.310 e. The Balaban J connectivity index is 1.96. The van der Waals surface area contributed by atoms with Crippen molar-refractivity contribution >= 4 is 11.6 Å². The van der Waals surface area contributed by atoms with E-state index in [0.29, 0.717) is 23.5 Å². The van der Waals surface area contributed by atoms with Crippen LogP contribution in [0.15, 0.2) is 18.2 Å². The number of nitrogens with one attached hydrogen (secondary N) is 1. The van der Waals surface area contributed by atoms with Crippen LogP contribution in [0.4, 0.5) is 4.39 Å². The lowest BCUT2D eigenvalue weighted by Crippen LogP contribution is -2.30. The van der Waals surface area contributed by atoms with Crippen molar-refractivity contribution < 1.29 is 4.39 Å². The van der Waals surface area contributed by atoms with E-state index in [4.69, 9.17) is 11.6 Å². The maximum absolute atomic E-state index is 13.0. The molecule has 88 valence electrons. The topological polar surface area (TPSA) is 12.0 Å². The minimum atomic E-state index is -0.222. The van der Waals surface area contributed by atoms with Gasteiger partial charge in [-0.05, 0) is 42.5 Å². The quantitative estimate of drug-likeness (QED) is 0.850. The molecule has 1 fully saturated rings. The monoisotopic (exact) mass is 241 g/mol. The molecule has 1 aromatic rings. The minimum Gasteiger partial charge on any atom is -0.310 e. The van der Waals surface area contributed by atoms with Gasteiger partial charge in [0.15, 0.2) is 0 Å². The highest BCUT2D eigenvalue weighted by molar-refractivity contribution is 6.31. The van der Waals surface area contributed by atoms with E-state index in [1.807, 2.05) is 0 Å². The highest BCUT2D eigenvalue weighted by atomic mass is 35.5. The molecule has 0 radical (unpaired) electrons. The molecule has 2 atom stereocenters. The summed E-state index contributed by atoms with van der Waals surface area (Å²) in [4.78, 5) is 0. The van der Waals surface area contributed by atoms with Crippen molar-refractivity contribution in [2.24, 2.45) is 5.92 Å². The smallest absolute Gasteiger partial charge is 0.123 e. The summed E-state index contributed by atoms with van der Waals surface area (Å²) in [5.74, 6) is 0.494. The molecule has 3 heteroatoms. The zero-order valence-corrected chi connectivity index (χ0v) is 10.2. The van der Waals surface area contributed by atoms with Gasteiger partial charge in [0, 0.05) is 17.6 Å².